The molecule has 0 aliphatic carbocycles. The molecular formula is C19H20N4O. The molecule has 5 nitrogen and oxygen atoms in total. The van der Waals surface area contributed by atoms with E-state index < -0.39 is 0 Å². The number of amides is 1. The maximum absolute atomic E-state index is 12.5. The highest BCUT2D eigenvalue weighted by atomic mass is 16.1. The van der Waals surface area contributed by atoms with Gasteiger partial charge in [-0.15, -0.1) is 0 Å². The number of nitrogens with one attached hydrogen (secondary N) is 1. The number of hydrogen-bond donors (Lipinski definition) is 1. The summed E-state index contributed by atoms with van der Waals surface area (Å²) < 4.78 is 1.86. The van der Waals surface area contributed by atoms with Gasteiger partial charge >= 0.3 is 0 Å². The van der Waals surface area contributed by atoms with Crippen molar-refractivity contribution in [2.45, 2.75) is 19.8 Å². The molecule has 1 amide bonds. The fraction of sp³-hybridized carbons (Fsp3) is 0.263. The Bertz CT molecular complexity index is 893. The average Bonchev–Trinajstić information content (AvgIpc) is 3.24. The number of imidazole rings is 1. The molecule has 3 heterocycles. The summed E-state index contributed by atoms with van der Waals surface area (Å²) in [5, 5.41) is 2.96. The third kappa shape index (κ3) is 2.85. The van der Waals surface area contributed by atoms with Crippen molar-refractivity contribution in [2.75, 3.05) is 23.3 Å². The molecule has 122 valence electrons. The molecule has 0 radical (unpaired) electrons. The van der Waals surface area contributed by atoms with Gasteiger partial charge in [-0.1, -0.05) is 6.07 Å². The first-order chi connectivity index (χ1) is 11.7. The molecule has 24 heavy (non-hydrogen) atoms. The summed E-state index contributed by atoms with van der Waals surface area (Å²) in [4.78, 5) is 19.3. The van der Waals surface area contributed by atoms with Crippen molar-refractivity contribution >= 4 is 22.9 Å². The van der Waals surface area contributed by atoms with Crippen molar-refractivity contribution in [3.63, 3.8) is 0 Å². The molecule has 0 bridgehead atoms. The second-order valence-corrected chi connectivity index (χ2v) is 6.29. The summed E-state index contributed by atoms with van der Waals surface area (Å²) in [7, 11) is 0. The Balaban J connectivity index is 1.55. The molecule has 5 heteroatoms. The Morgan fingerprint density at radius 1 is 1.17 bits per heavy atom. The number of pyridine rings is 1. The number of hydrogen-bond acceptors (Lipinski definition) is 3. The van der Waals surface area contributed by atoms with Crippen LogP contribution in [0.3, 0.4) is 0 Å². The number of benzene rings is 1. The molecule has 1 N–H and O–H groups in total. The van der Waals surface area contributed by atoms with Crippen LogP contribution in [0.5, 0.6) is 0 Å². The molecule has 0 unspecified atom stereocenters. The molecular weight excluding hydrogens is 300 g/mol. The predicted octanol–water partition coefficient (Wildman–Crippen LogP) is 3.50. The van der Waals surface area contributed by atoms with Crippen LogP contribution in [0.25, 0.3) is 5.65 Å². The molecule has 0 atom stereocenters. The fourth-order valence-corrected chi connectivity index (χ4v) is 3.14. The first-order valence-electron chi connectivity index (χ1n) is 8.31. The van der Waals surface area contributed by atoms with Gasteiger partial charge in [0.2, 0.25) is 0 Å². The lowest BCUT2D eigenvalue weighted by atomic mass is 10.2. The van der Waals surface area contributed by atoms with Crippen LogP contribution in [-0.4, -0.2) is 28.4 Å². The highest BCUT2D eigenvalue weighted by Crippen LogP contribution is 2.23. The Labute approximate surface area is 140 Å². The van der Waals surface area contributed by atoms with Crippen LogP contribution in [0.15, 0.2) is 48.8 Å². The van der Waals surface area contributed by atoms with Gasteiger partial charge in [0.1, 0.15) is 11.3 Å². The van der Waals surface area contributed by atoms with Crippen molar-refractivity contribution in [1.82, 2.24) is 9.38 Å². The quantitative estimate of drug-likeness (QED) is 0.803. The highest BCUT2D eigenvalue weighted by molar-refractivity contribution is 6.03. The minimum absolute atomic E-state index is 0.185. The molecule has 1 saturated heterocycles. The monoisotopic (exact) mass is 320 g/mol. The number of aryl methyl sites for hydroxylation is 1. The van der Waals surface area contributed by atoms with Crippen molar-refractivity contribution in [2.24, 2.45) is 0 Å². The number of rotatable bonds is 3. The molecule has 1 aliphatic rings. The van der Waals surface area contributed by atoms with E-state index in [1.165, 1.54) is 12.8 Å². The van der Waals surface area contributed by atoms with Gasteiger partial charge < -0.3 is 14.6 Å². The van der Waals surface area contributed by atoms with Crippen molar-refractivity contribution in [3.05, 3.63) is 60.0 Å². The molecule has 4 rings (SSSR count). The van der Waals surface area contributed by atoms with Gasteiger partial charge in [0.15, 0.2) is 0 Å². The molecule has 1 aromatic carbocycles. The van der Waals surface area contributed by atoms with Crippen molar-refractivity contribution in [3.8, 4) is 0 Å². The van der Waals surface area contributed by atoms with Crippen molar-refractivity contribution < 1.29 is 4.79 Å². The predicted molar refractivity (Wildman–Crippen MR) is 95.8 cm³/mol. The Hall–Kier alpha value is -2.82. The lowest BCUT2D eigenvalue weighted by Gasteiger charge is -2.18. The van der Waals surface area contributed by atoms with E-state index in [9.17, 15) is 4.79 Å². The number of nitrogens with zero attached hydrogens (tertiary/aromatic N) is 3. The van der Waals surface area contributed by atoms with E-state index in [2.05, 4.69) is 21.3 Å². The summed E-state index contributed by atoms with van der Waals surface area (Å²) in [6, 6.07) is 12.0. The topological polar surface area (TPSA) is 49.6 Å². The minimum Gasteiger partial charge on any atom is -0.371 e. The zero-order valence-corrected chi connectivity index (χ0v) is 13.7. The van der Waals surface area contributed by atoms with E-state index in [0.29, 0.717) is 5.69 Å². The summed E-state index contributed by atoms with van der Waals surface area (Å²) in [5.74, 6) is -0.185. The average molecular weight is 320 g/mol. The van der Waals surface area contributed by atoms with E-state index in [0.717, 1.165) is 35.7 Å². The first-order valence-corrected chi connectivity index (χ1v) is 8.31. The third-order valence-corrected chi connectivity index (χ3v) is 4.42. The third-order valence-electron chi connectivity index (χ3n) is 4.42. The van der Waals surface area contributed by atoms with E-state index >= 15 is 0 Å². The summed E-state index contributed by atoms with van der Waals surface area (Å²) in [6.07, 6.45) is 6.14. The second kappa shape index (κ2) is 6.00. The Kier molecular flexibility index (Phi) is 3.69. The van der Waals surface area contributed by atoms with Crippen LogP contribution in [-0.2, 0) is 0 Å². The largest absolute Gasteiger partial charge is 0.371 e. The number of aromatic nitrogens is 2. The summed E-state index contributed by atoms with van der Waals surface area (Å²) in [6.45, 7) is 4.19. The zero-order valence-electron chi connectivity index (χ0n) is 13.7. The lowest BCUT2D eigenvalue weighted by Crippen LogP contribution is -2.18. The number of anilines is 2. The number of carbonyl (C=O) groups is 1. The first kappa shape index (κ1) is 14.8. The lowest BCUT2D eigenvalue weighted by molar-refractivity contribution is 0.102. The van der Waals surface area contributed by atoms with Gasteiger partial charge in [0.05, 0.1) is 0 Å². The van der Waals surface area contributed by atoms with E-state index in [1.807, 2.05) is 47.9 Å². The highest BCUT2D eigenvalue weighted by Gasteiger charge is 2.14. The molecule has 0 saturated carbocycles. The van der Waals surface area contributed by atoms with Gasteiger partial charge in [-0.3, -0.25) is 4.79 Å². The molecule has 0 spiro atoms. The second-order valence-electron chi connectivity index (χ2n) is 6.29. The molecule has 3 aromatic rings. The Morgan fingerprint density at radius 2 is 2.00 bits per heavy atom. The van der Waals surface area contributed by atoms with Crippen molar-refractivity contribution in [1.29, 1.82) is 0 Å². The number of fused-ring (bicyclic) bond motifs is 1. The molecule has 2 aromatic heterocycles. The van der Waals surface area contributed by atoms with Crippen LogP contribution in [0.2, 0.25) is 0 Å². The van der Waals surface area contributed by atoms with Gasteiger partial charge in [0.25, 0.3) is 5.91 Å². The molecule has 1 aliphatic heterocycles. The standard InChI is InChI=1S/C19H20N4O/c1-14-7-10-23-13-17(21-18(23)11-14)19(24)20-15-5-4-6-16(12-15)22-8-2-3-9-22/h4-7,10-13H,2-3,8-9H2,1H3,(H,20,24). The van der Waals surface area contributed by atoms with E-state index in [4.69, 9.17) is 0 Å². The van der Waals surface area contributed by atoms with Gasteiger partial charge in [-0.2, -0.15) is 0 Å². The maximum atomic E-state index is 12.5. The SMILES string of the molecule is Cc1ccn2cc(C(=O)Nc3cccc(N4CCCC4)c3)nc2c1. The number of carbonyl (C=O) groups excluding carboxylic acids is 1. The van der Waals surface area contributed by atoms with Crippen LogP contribution in [0.4, 0.5) is 11.4 Å². The normalized spacial score (nSPS) is 14.3. The zero-order chi connectivity index (χ0) is 16.5. The summed E-state index contributed by atoms with van der Waals surface area (Å²) >= 11 is 0. The minimum atomic E-state index is -0.185. The van der Waals surface area contributed by atoms with Crippen LogP contribution >= 0.6 is 0 Å². The maximum Gasteiger partial charge on any atom is 0.275 e. The van der Waals surface area contributed by atoms with Gasteiger partial charge in [-0.05, 0) is 55.7 Å². The van der Waals surface area contributed by atoms with Crippen LogP contribution in [0, 0.1) is 6.92 Å². The Morgan fingerprint density at radius 3 is 2.83 bits per heavy atom. The smallest absolute Gasteiger partial charge is 0.275 e. The fourth-order valence-electron chi connectivity index (χ4n) is 3.14. The van der Waals surface area contributed by atoms with Gasteiger partial charge in [0, 0.05) is 36.9 Å². The van der Waals surface area contributed by atoms with Gasteiger partial charge in [-0.25, -0.2) is 4.98 Å². The van der Waals surface area contributed by atoms with E-state index in [1.54, 1.807) is 6.20 Å². The van der Waals surface area contributed by atoms with E-state index in [-0.39, 0.29) is 5.91 Å². The van der Waals surface area contributed by atoms with Crippen LogP contribution < -0.4 is 10.2 Å². The summed E-state index contributed by atoms with van der Waals surface area (Å²) in [5.41, 5.74) is 4.30. The molecule has 1 fully saturated rings. The van der Waals surface area contributed by atoms with Crippen LogP contribution in [0.1, 0.15) is 28.9 Å².